The van der Waals surface area contributed by atoms with Gasteiger partial charge in [-0.1, -0.05) is 75.9 Å². The summed E-state index contributed by atoms with van der Waals surface area (Å²) >= 11 is 0.250. The molecule has 0 spiro atoms. The molecule has 3 N–H and O–H groups in total. The van der Waals surface area contributed by atoms with Crippen molar-refractivity contribution in [3.8, 4) is 22.6 Å². The van der Waals surface area contributed by atoms with E-state index in [2.05, 4.69) is 73.3 Å². The standard InChI is InChI=1S/C33H36N2O3.C2H6.H3NOS/c1-7-9-12-24(11-8-2)22-38-28-14-10-13-25(18-28)17-27-19-30-31(35(5)33(36)34(30)4)21-29(27)26-16-15-23(3)32(20-26)37-6;1-2;1-3-2/h8-16,18-21H,2,7,17,22H2,1,3-6H3;1-2H3;2H,1H2/b12-9-,24-11+;;. The number of benzene rings is 3. The van der Waals surface area contributed by atoms with Crippen LogP contribution in [0.4, 0.5) is 0 Å². The predicted octanol–water partition coefficient (Wildman–Crippen LogP) is 8.00. The van der Waals surface area contributed by atoms with Crippen molar-refractivity contribution in [1.29, 1.82) is 0 Å². The van der Waals surface area contributed by atoms with Crippen LogP contribution in [0.1, 0.15) is 43.9 Å². The number of methoxy groups -OCH3 is 1. The summed E-state index contributed by atoms with van der Waals surface area (Å²) in [7, 11) is 5.32. The summed E-state index contributed by atoms with van der Waals surface area (Å²) in [6, 6.07) is 18.7. The Balaban J connectivity index is 0.00000121. The molecule has 0 saturated heterocycles. The van der Waals surface area contributed by atoms with Crippen molar-refractivity contribution in [3.63, 3.8) is 0 Å². The van der Waals surface area contributed by atoms with Crippen molar-refractivity contribution >= 4 is 23.3 Å². The first kappa shape index (κ1) is 35.2. The topological polar surface area (TPSA) is 91.6 Å². The Hall–Kier alpha value is -3.98. The smallest absolute Gasteiger partial charge is 0.328 e. The van der Waals surface area contributed by atoms with E-state index < -0.39 is 0 Å². The van der Waals surface area contributed by atoms with E-state index in [4.69, 9.17) is 14.0 Å². The normalized spacial score (nSPS) is 11.0. The van der Waals surface area contributed by atoms with Gasteiger partial charge >= 0.3 is 5.69 Å². The maximum Gasteiger partial charge on any atom is 0.328 e. The number of aryl methyl sites for hydroxylation is 3. The molecule has 0 aliphatic heterocycles. The Kier molecular flexibility index (Phi) is 14.6. The number of allylic oxidation sites excluding steroid dienone is 3. The number of ether oxygens (including phenoxy) is 2. The van der Waals surface area contributed by atoms with Gasteiger partial charge in [0.2, 0.25) is 0 Å². The second kappa shape index (κ2) is 17.9. The quantitative estimate of drug-likeness (QED) is 0.108. The van der Waals surface area contributed by atoms with Gasteiger partial charge in [-0.05, 0) is 83.5 Å². The van der Waals surface area contributed by atoms with Gasteiger partial charge in [0, 0.05) is 14.1 Å². The molecule has 0 fully saturated rings. The number of imidazole rings is 1. The molecule has 0 aliphatic carbocycles. The van der Waals surface area contributed by atoms with E-state index in [1.54, 1.807) is 22.3 Å². The average molecular weight is 604 g/mol. The lowest BCUT2D eigenvalue weighted by molar-refractivity contribution is 0.355. The molecule has 0 atom stereocenters. The molecule has 230 valence electrons. The number of fused-ring (bicyclic) bond motifs is 1. The van der Waals surface area contributed by atoms with Gasteiger partial charge in [-0.25, -0.2) is 4.79 Å². The van der Waals surface area contributed by atoms with Crippen LogP contribution in [0.2, 0.25) is 0 Å². The van der Waals surface area contributed by atoms with E-state index in [0.717, 1.165) is 62.3 Å². The van der Waals surface area contributed by atoms with Gasteiger partial charge in [0.1, 0.15) is 18.1 Å². The molecule has 0 radical (unpaired) electrons. The third-order valence-corrected chi connectivity index (χ3v) is 6.81. The highest BCUT2D eigenvalue weighted by atomic mass is 32.2. The van der Waals surface area contributed by atoms with E-state index >= 15 is 0 Å². The number of aromatic nitrogens is 2. The molecule has 3 aromatic carbocycles. The van der Waals surface area contributed by atoms with E-state index in [1.165, 1.54) is 0 Å². The minimum atomic E-state index is -0.0412. The Bertz CT molecular complexity index is 1620. The zero-order valence-electron chi connectivity index (χ0n) is 26.4. The zero-order chi connectivity index (χ0) is 31.9. The lowest BCUT2D eigenvalue weighted by Gasteiger charge is -2.15. The molecular weight excluding hydrogens is 558 g/mol. The maximum absolute atomic E-state index is 12.7. The van der Waals surface area contributed by atoms with Crippen LogP contribution < -0.4 is 20.3 Å². The first-order valence-corrected chi connectivity index (χ1v) is 15.1. The first-order chi connectivity index (χ1) is 20.8. The van der Waals surface area contributed by atoms with E-state index in [-0.39, 0.29) is 17.9 Å². The number of rotatable bonds is 10. The Morgan fingerprint density at radius 2 is 1.74 bits per heavy atom. The zero-order valence-corrected chi connectivity index (χ0v) is 27.2. The SMILES string of the molecule is C=C/C=C(\C=C/CC)COc1cccc(Cc2cc3c(cc2-c2ccc(C)c(OC)c2)n(C)c(=O)n3C)c1.CC.NSO. The Labute approximate surface area is 260 Å². The molecule has 1 heterocycles. The second-order valence-corrected chi connectivity index (χ2v) is 9.80. The van der Waals surface area contributed by atoms with Gasteiger partial charge < -0.3 is 14.0 Å². The molecule has 8 heteroatoms. The largest absolute Gasteiger partial charge is 0.496 e. The Morgan fingerprint density at radius 1 is 1.07 bits per heavy atom. The van der Waals surface area contributed by atoms with Crippen molar-refractivity contribution in [1.82, 2.24) is 9.13 Å². The molecule has 4 aromatic rings. The van der Waals surface area contributed by atoms with Gasteiger partial charge in [0.25, 0.3) is 0 Å². The minimum Gasteiger partial charge on any atom is -0.496 e. The molecule has 0 unspecified atom stereocenters. The summed E-state index contributed by atoms with van der Waals surface area (Å²) in [5.74, 6) is 1.65. The molecule has 7 nitrogen and oxygen atoms in total. The molecule has 1 aromatic heterocycles. The number of nitrogens with two attached hydrogens (primary N) is 1. The second-order valence-electron chi connectivity index (χ2n) is 9.59. The third-order valence-electron chi connectivity index (χ3n) is 6.81. The highest BCUT2D eigenvalue weighted by Gasteiger charge is 2.15. The molecule has 0 amide bonds. The van der Waals surface area contributed by atoms with Crippen LogP contribution in [-0.2, 0) is 20.5 Å². The van der Waals surface area contributed by atoms with Gasteiger partial charge in [0.05, 0.1) is 30.4 Å². The van der Waals surface area contributed by atoms with Crippen LogP contribution in [0.25, 0.3) is 22.2 Å². The fourth-order valence-electron chi connectivity index (χ4n) is 4.70. The van der Waals surface area contributed by atoms with Gasteiger partial charge in [-0.2, -0.15) is 0 Å². The van der Waals surface area contributed by atoms with Crippen LogP contribution in [0.3, 0.4) is 0 Å². The highest BCUT2D eigenvalue weighted by Crippen LogP contribution is 2.33. The van der Waals surface area contributed by atoms with Gasteiger partial charge in [-0.3, -0.25) is 14.3 Å². The molecule has 0 saturated carbocycles. The van der Waals surface area contributed by atoms with Crippen LogP contribution in [0.5, 0.6) is 11.5 Å². The van der Waals surface area contributed by atoms with E-state index in [0.29, 0.717) is 13.0 Å². The van der Waals surface area contributed by atoms with Gasteiger partial charge in [-0.15, -0.1) is 0 Å². The highest BCUT2D eigenvalue weighted by molar-refractivity contribution is 7.91. The fourth-order valence-corrected chi connectivity index (χ4v) is 4.70. The van der Waals surface area contributed by atoms with Crippen LogP contribution in [0, 0.1) is 6.92 Å². The average Bonchev–Trinajstić information content (AvgIpc) is 3.23. The summed E-state index contributed by atoms with van der Waals surface area (Å²) in [4.78, 5) is 12.7. The fraction of sp³-hybridized carbons (Fsp3) is 0.286. The maximum atomic E-state index is 12.7. The first-order valence-electron chi connectivity index (χ1n) is 14.3. The third kappa shape index (κ3) is 9.25. The lowest BCUT2D eigenvalue weighted by Crippen LogP contribution is -2.19. The summed E-state index contributed by atoms with van der Waals surface area (Å²) in [5.41, 5.74) is 8.29. The van der Waals surface area contributed by atoms with Gasteiger partial charge in [0.15, 0.2) is 0 Å². The summed E-state index contributed by atoms with van der Waals surface area (Å²) in [6.45, 7) is 12.4. The van der Waals surface area contributed by atoms with Crippen LogP contribution in [0.15, 0.2) is 95.8 Å². The number of hydrogen-bond acceptors (Lipinski definition) is 6. The number of nitrogens with zero attached hydrogens (tertiary/aromatic N) is 2. The van der Waals surface area contributed by atoms with Crippen molar-refractivity contribution in [2.24, 2.45) is 19.2 Å². The summed E-state index contributed by atoms with van der Waals surface area (Å²) in [5, 5.41) is 4.32. The number of hydrogen-bond donors (Lipinski definition) is 2. The molecule has 0 bridgehead atoms. The van der Waals surface area contributed by atoms with E-state index in [1.807, 2.05) is 53.1 Å². The summed E-state index contributed by atoms with van der Waals surface area (Å²) in [6.07, 6.45) is 9.60. The van der Waals surface area contributed by atoms with Crippen LogP contribution >= 0.6 is 12.2 Å². The molecular formula is C35H45N3O4S. The van der Waals surface area contributed by atoms with Crippen molar-refractivity contribution < 1.29 is 14.0 Å². The van der Waals surface area contributed by atoms with Crippen molar-refractivity contribution in [2.45, 2.75) is 40.5 Å². The molecule has 43 heavy (non-hydrogen) atoms. The predicted molar refractivity (Wildman–Crippen MR) is 183 cm³/mol. The van der Waals surface area contributed by atoms with Crippen molar-refractivity contribution in [3.05, 3.63) is 118 Å². The van der Waals surface area contributed by atoms with E-state index in [9.17, 15) is 4.79 Å². The summed E-state index contributed by atoms with van der Waals surface area (Å²) < 4.78 is 22.4. The Morgan fingerprint density at radius 3 is 2.37 bits per heavy atom. The van der Waals surface area contributed by atoms with Crippen LogP contribution in [-0.4, -0.2) is 27.4 Å². The molecule has 4 rings (SSSR count). The van der Waals surface area contributed by atoms with Crippen molar-refractivity contribution in [2.75, 3.05) is 13.7 Å². The minimum absolute atomic E-state index is 0.0412. The monoisotopic (exact) mass is 603 g/mol. The molecule has 0 aliphatic rings. The lowest BCUT2D eigenvalue weighted by atomic mass is 9.93.